The Morgan fingerprint density at radius 1 is 1.53 bits per heavy atom. The van der Waals surface area contributed by atoms with Crippen LogP contribution in [0.1, 0.15) is 10.4 Å². The normalized spacial score (nSPS) is 17.3. The van der Waals surface area contributed by atoms with Crippen molar-refractivity contribution >= 4 is 15.9 Å². The van der Waals surface area contributed by atoms with Crippen molar-refractivity contribution in [2.24, 2.45) is 12.2 Å². The van der Waals surface area contributed by atoms with Crippen LogP contribution in [-0.2, 0) is 21.8 Å². The molecule has 0 bridgehead atoms. The monoisotopic (exact) mass is 289 g/mol. The van der Waals surface area contributed by atoms with Crippen LogP contribution < -0.4 is 10.6 Å². The second kappa shape index (κ2) is 5.25. The number of aryl methyl sites for hydroxylation is 1. The Morgan fingerprint density at radius 2 is 2.26 bits per heavy atom. The highest BCUT2D eigenvalue weighted by Gasteiger charge is 2.28. The number of hydrogen-bond donors (Lipinski definition) is 2. The summed E-state index contributed by atoms with van der Waals surface area (Å²) in [6.07, 6.45) is 1.19. The van der Waals surface area contributed by atoms with Gasteiger partial charge in [-0.25, -0.2) is 19.0 Å². The summed E-state index contributed by atoms with van der Waals surface area (Å²) in [5, 5.41) is 9.87. The van der Waals surface area contributed by atoms with Crippen LogP contribution in [-0.4, -0.2) is 55.4 Å². The maximum absolute atomic E-state index is 12.3. The molecule has 1 aliphatic rings. The van der Waals surface area contributed by atoms with Crippen LogP contribution in [0, 0.1) is 0 Å². The molecule has 0 spiro atoms. The van der Waals surface area contributed by atoms with E-state index in [0.717, 1.165) is 4.68 Å². The Morgan fingerprint density at radius 3 is 2.95 bits per heavy atom. The molecule has 2 heterocycles. The van der Waals surface area contributed by atoms with Crippen LogP contribution in [0.5, 0.6) is 0 Å². The van der Waals surface area contributed by atoms with E-state index in [1.807, 2.05) is 0 Å². The van der Waals surface area contributed by atoms with E-state index in [4.69, 9.17) is 9.88 Å². The molecule has 1 fully saturated rings. The molecule has 0 radical (unpaired) electrons. The van der Waals surface area contributed by atoms with Gasteiger partial charge >= 0.3 is 0 Å². The number of primary sulfonamides is 1. The summed E-state index contributed by atoms with van der Waals surface area (Å²) >= 11 is 0. The summed E-state index contributed by atoms with van der Waals surface area (Å²) in [7, 11) is -2.61. The first-order chi connectivity index (χ1) is 8.91. The Kier molecular flexibility index (Phi) is 3.85. The minimum atomic E-state index is -4.02. The van der Waals surface area contributed by atoms with E-state index in [0.29, 0.717) is 26.3 Å². The van der Waals surface area contributed by atoms with Crippen LogP contribution in [0.4, 0.5) is 0 Å². The Labute approximate surface area is 110 Å². The number of hydrazine groups is 1. The van der Waals surface area contributed by atoms with Gasteiger partial charge in [-0.1, -0.05) is 0 Å². The number of carbonyl (C=O) groups excluding carboxylic acids is 1. The Hall–Kier alpha value is -1.49. The third kappa shape index (κ3) is 2.92. The molecule has 19 heavy (non-hydrogen) atoms. The van der Waals surface area contributed by atoms with Crippen molar-refractivity contribution in [3.8, 4) is 0 Å². The molecule has 0 unspecified atom stereocenters. The summed E-state index contributed by atoms with van der Waals surface area (Å²) in [5.74, 6) is -0.498. The second-order valence-electron chi connectivity index (χ2n) is 4.01. The smallest absolute Gasteiger partial charge is 0.272 e. The number of hydrogen-bond acceptors (Lipinski definition) is 6. The summed E-state index contributed by atoms with van der Waals surface area (Å²) in [5.41, 5.74) is 2.80. The lowest BCUT2D eigenvalue weighted by atomic mass is 10.3. The number of amides is 1. The highest BCUT2D eigenvalue weighted by atomic mass is 32.2. The van der Waals surface area contributed by atoms with Gasteiger partial charge in [-0.3, -0.25) is 14.5 Å². The number of sulfonamides is 1. The molecule has 10 heteroatoms. The molecule has 1 aromatic rings. The Balaban J connectivity index is 2.34. The van der Waals surface area contributed by atoms with Crippen LogP contribution in [0.15, 0.2) is 11.2 Å². The van der Waals surface area contributed by atoms with Crippen molar-refractivity contribution in [1.29, 1.82) is 0 Å². The standard InChI is InChI=1S/C9H15N5O4S/c1-13-9(19(10,16)17)7(6-12-13)8(15)14-3-5-18-4-2-11-14/h6,11H,2-5H2,1H3,(H2,10,16,17). The first-order valence-corrected chi connectivity index (χ1v) is 7.14. The topological polar surface area (TPSA) is 120 Å². The fraction of sp³-hybridized carbons (Fsp3) is 0.556. The van der Waals surface area contributed by atoms with Crippen LogP contribution in [0.3, 0.4) is 0 Å². The van der Waals surface area contributed by atoms with E-state index in [-0.39, 0.29) is 10.6 Å². The highest BCUT2D eigenvalue weighted by molar-refractivity contribution is 7.89. The Bertz CT molecular complexity index is 573. The molecular weight excluding hydrogens is 274 g/mol. The zero-order valence-electron chi connectivity index (χ0n) is 10.4. The minimum Gasteiger partial charge on any atom is -0.378 e. The molecule has 0 aliphatic carbocycles. The lowest BCUT2D eigenvalue weighted by Gasteiger charge is -2.19. The van der Waals surface area contributed by atoms with Gasteiger partial charge in [-0.2, -0.15) is 5.10 Å². The molecule has 0 atom stereocenters. The van der Waals surface area contributed by atoms with Gasteiger partial charge in [0.2, 0.25) is 0 Å². The SMILES string of the molecule is Cn1ncc(C(=O)N2CCOCCN2)c1S(N)(=O)=O. The van der Waals surface area contributed by atoms with Crippen molar-refractivity contribution in [3.63, 3.8) is 0 Å². The van der Waals surface area contributed by atoms with E-state index in [9.17, 15) is 13.2 Å². The van der Waals surface area contributed by atoms with E-state index in [2.05, 4.69) is 10.5 Å². The third-order valence-electron chi connectivity index (χ3n) is 2.64. The minimum absolute atomic E-state index is 0.0561. The average Bonchev–Trinajstić information content (AvgIpc) is 2.57. The van der Waals surface area contributed by atoms with Gasteiger partial charge in [-0.05, 0) is 0 Å². The number of nitrogens with zero attached hydrogens (tertiary/aromatic N) is 3. The molecule has 3 N–H and O–H groups in total. The van der Waals surface area contributed by atoms with Crippen molar-refractivity contribution in [3.05, 3.63) is 11.8 Å². The van der Waals surface area contributed by atoms with Crippen LogP contribution in [0.2, 0.25) is 0 Å². The fourth-order valence-electron chi connectivity index (χ4n) is 1.82. The lowest BCUT2D eigenvalue weighted by molar-refractivity contribution is 0.0656. The van der Waals surface area contributed by atoms with Crippen molar-refractivity contribution in [1.82, 2.24) is 20.2 Å². The highest BCUT2D eigenvalue weighted by Crippen LogP contribution is 2.14. The van der Waals surface area contributed by atoms with E-state index < -0.39 is 15.9 Å². The van der Waals surface area contributed by atoms with Gasteiger partial charge in [0, 0.05) is 13.6 Å². The molecule has 0 aromatic carbocycles. The number of aromatic nitrogens is 2. The predicted molar refractivity (Wildman–Crippen MR) is 64.4 cm³/mol. The molecule has 2 rings (SSSR count). The van der Waals surface area contributed by atoms with Crippen molar-refractivity contribution < 1.29 is 17.9 Å². The number of nitrogens with one attached hydrogen (secondary N) is 1. The summed E-state index contributed by atoms with van der Waals surface area (Å²) in [4.78, 5) is 12.3. The third-order valence-corrected chi connectivity index (χ3v) is 3.66. The quantitative estimate of drug-likeness (QED) is 0.652. The zero-order chi connectivity index (χ0) is 14.0. The summed E-state index contributed by atoms with van der Waals surface area (Å²) in [6.45, 7) is 1.65. The first-order valence-electron chi connectivity index (χ1n) is 5.59. The number of rotatable bonds is 2. The van der Waals surface area contributed by atoms with Gasteiger partial charge in [0.05, 0.1) is 31.5 Å². The van der Waals surface area contributed by atoms with E-state index in [1.165, 1.54) is 18.3 Å². The van der Waals surface area contributed by atoms with Gasteiger partial charge in [0.1, 0.15) is 0 Å². The van der Waals surface area contributed by atoms with Gasteiger partial charge in [0.15, 0.2) is 5.03 Å². The fourth-order valence-corrected chi connectivity index (χ4v) is 2.68. The molecule has 1 saturated heterocycles. The largest absolute Gasteiger partial charge is 0.378 e. The van der Waals surface area contributed by atoms with Crippen LogP contribution in [0.25, 0.3) is 0 Å². The first kappa shape index (κ1) is 13.9. The maximum Gasteiger partial charge on any atom is 0.272 e. The second-order valence-corrected chi connectivity index (χ2v) is 5.49. The number of nitrogens with two attached hydrogens (primary N) is 1. The van der Waals surface area contributed by atoms with E-state index >= 15 is 0 Å². The predicted octanol–water partition coefficient (Wildman–Crippen LogP) is -1.96. The molecule has 1 amide bonds. The average molecular weight is 289 g/mol. The molecule has 1 aromatic heterocycles. The molecule has 1 aliphatic heterocycles. The van der Waals surface area contributed by atoms with Gasteiger partial charge in [0.25, 0.3) is 15.9 Å². The van der Waals surface area contributed by atoms with Crippen LogP contribution >= 0.6 is 0 Å². The van der Waals surface area contributed by atoms with Crippen molar-refractivity contribution in [2.45, 2.75) is 5.03 Å². The molecule has 0 saturated carbocycles. The van der Waals surface area contributed by atoms with E-state index in [1.54, 1.807) is 0 Å². The summed E-state index contributed by atoms with van der Waals surface area (Å²) in [6, 6.07) is 0. The van der Waals surface area contributed by atoms with Gasteiger partial charge < -0.3 is 4.74 Å². The zero-order valence-corrected chi connectivity index (χ0v) is 11.2. The lowest BCUT2D eigenvalue weighted by Crippen LogP contribution is -2.44. The molecule has 106 valence electrons. The van der Waals surface area contributed by atoms with Crippen molar-refractivity contribution in [2.75, 3.05) is 26.3 Å². The van der Waals surface area contributed by atoms with Gasteiger partial charge in [-0.15, -0.1) is 0 Å². The maximum atomic E-state index is 12.3. The number of ether oxygens (including phenoxy) is 1. The molecular formula is C9H15N5O4S. The molecule has 9 nitrogen and oxygen atoms in total. The number of carbonyl (C=O) groups is 1. The summed E-state index contributed by atoms with van der Waals surface area (Å²) < 4.78 is 29.2.